The molecule has 0 bridgehead atoms. The number of anilines is 1. The Morgan fingerprint density at radius 2 is 1.74 bits per heavy atom. The molecule has 1 saturated carbocycles. The summed E-state index contributed by atoms with van der Waals surface area (Å²) in [5.74, 6) is 0.222. The quantitative estimate of drug-likeness (QED) is 0.426. The number of carbonyl (C=O) groups is 2. The van der Waals surface area contributed by atoms with Crippen LogP contribution in [0.1, 0.15) is 33.6 Å². The number of para-hydroxylation sites is 1. The maximum atomic E-state index is 13.4. The summed E-state index contributed by atoms with van der Waals surface area (Å²) in [6.07, 6.45) is 3.74. The Balaban J connectivity index is 1.47. The second-order valence-corrected chi connectivity index (χ2v) is 8.19. The molecule has 3 aromatic carbocycles. The fourth-order valence-electron chi connectivity index (χ4n) is 3.67. The number of aromatic nitrogens is 2. The third-order valence-corrected chi connectivity index (χ3v) is 5.62. The van der Waals surface area contributed by atoms with E-state index < -0.39 is 0 Å². The van der Waals surface area contributed by atoms with Crippen LogP contribution >= 0.6 is 0 Å². The molecule has 0 atom stereocenters. The average Bonchev–Trinajstić information content (AvgIpc) is 3.58. The van der Waals surface area contributed by atoms with E-state index >= 15 is 0 Å². The summed E-state index contributed by atoms with van der Waals surface area (Å²) in [6.45, 7) is 0. The maximum absolute atomic E-state index is 13.4. The zero-order valence-corrected chi connectivity index (χ0v) is 18.7. The van der Waals surface area contributed by atoms with Crippen LogP contribution in [0.4, 0.5) is 5.69 Å². The van der Waals surface area contributed by atoms with Crippen molar-refractivity contribution in [3.8, 4) is 22.7 Å². The summed E-state index contributed by atoms with van der Waals surface area (Å²) in [6, 6.07) is 24.2. The fourth-order valence-corrected chi connectivity index (χ4v) is 3.67. The average molecular weight is 453 g/mol. The first-order valence-electron chi connectivity index (χ1n) is 11.1. The molecule has 0 spiro atoms. The van der Waals surface area contributed by atoms with Crippen molar-refractivity contribution in [3.05, 3.63) is 96.2 Å². The number of nitrogens with zero attached hydrogens (tertiary/aromatic N) is 2. The minimum Gasteiger partial charge on any atom is -0.497 e. The molecule has 0 aliphatic heterocycles. The van der Waals surface area contributed by atoms with Crippen molar-refractivity contribution >= 4 is 17.5 Å². The lowest BCUT2D eigenvalue weighted by molar-refractivity contribution is 0.0949. The molecule has 1 aliphatic carbocycles. The molecule has 1 heterocycles. The highest BCUT2D eigenvalue weighted by Gasteiger charge is 2.24. The van der Waals surface area contributed by atoms with Crippen LogP contribution in [0.3, 0.4) is 0 Å². The van der Waals surface area contributed by atoms with Crippen LogP contribution in [0.5, 0.6) is 5.75 Å². The summed E-state index contributed by atoms with van der Waals surface area (Å²) < 4.78 is 7.04. The zero-order chi connectivity index (χ0) is 23.5. The Bertz CT molecular complexity index is 1340. The van der Waals surface area contributed by atoms with E-state index in [0.29, 0.717) is 28.3 Å². The summed E-state index contributed by atoms with van der Waals surface area (Å²) >= 11 is 0. The first-order chi connectivity index (χ1) is 16.6. The third-order valence-electron chi connectivity index (χ3n) is 5.62. The lowest BCUT2D eigenvalue weighted by atomic mass is 10.1. The molecule has 1 aromatic heterocycles. The molecule has 0 radical (unpaired) electrons. The van der Waals surface area contributed by atoms with Gasteiger partial charge in [-0.25, -0.2) is 4.68 Å². The lowest BCUT2D eigenvalue weighted by Crippen LogP contribution is -2.25. The highest BCUT2D eigenvalue weighted by atomic mass is 16.5. The largest absolute Gasteiger partial charge is 0.497 e. The summed E-state index contributed by atoms with van der Waals surface area (Å²) in [5.41, 5.74) is 3.59. The first-order valence-corrected chi connectivity index (χ1v) is 11.1. The molecular formula is C27H24N4O3. The summed E-state index contributed by atoms with van der Waals surface area (Å²) in [7, 11) is 1.60. The Morgan fingerprint density at radius 1 is 0.941 bits per heavy atom. The smallest absolute Gasteiger partial charge is 0.259 e. The van der Waals surface area contributed by atoms with E-state index in [1.807, 2.05) is 54.6 Å². The standard InChI is InChI=1S/C27H24N4O3/c1-34-23-12-6-7-18(16-23)25-24(17-31(30-25)22-10-3-2-4-11-22)27(33)29-21-9-5-8-19(15-21)26(32)28-20-13-14-20/h2-12,15-17,20H,13-14H2,1H3,(H,28,32)(H,29,33). The minimum atomic E-state index is -0.320. The van der Waals surface area contributed by atoms with Crippen LogP contribution in [0, 0.1) is 0 Å². The molecule has 1 aliphatic rings. The number of hydrogen-bond donors (Lipinski definition) is 2. The van der Waals surface area contributed by atoms with Gasteiger partial charge in [0, 0.05) is 29.1 Å². The number of carbonyl (C=O) groups excluding carboxylic acids is 2. The SMILES string of the molecule is COc1cccc(-c2nn(-c3ccccc3)cc2C(=O)Nc2cccc(C(=O)NC3CC3)c2)c1. The highest BCUT2D eigenvalue weighted by molar-refractivity contribution is 6.08. The zero-order valence-electron chi connectivity index (χ0n) is 18.7. The normalized spacial score (nSPS) is 12.7. The van der Waals surface area contributed by atoms with Gasteiger partial charge >= 0.3 is 0 Å². The van der Waals surface area contributed by atoms with Gasteiger partial charge in [-0.15, -0.1) is 0 Å². The van der Waals surface area contributed by atoms with Crippen molar-refractivity contribution in [2.75, 3.05) is 12.4 Å². The van der Waals surface area contributed by atoms with Gasteiger partial charge in [0.05, 0.1) is 18.4 Å². The van der Waals surface area contributed by atoms with Gasteiger partial charge in [-0.2, -0.15) is 5.10 Å². The minimum absolute atomic E-state index is 0.132. The van der Waals surface area contributed by atoms with E-state index in [2.05, 4.69) is 10.6 Å². The predicted molar refractivity (Wildman–Crippen MR) is 130 cm³/mol. The van der Waals surface area contributed by atoms with Gasteiger partial charge in [-0.1, -0.05) is 36.4 Å². The molecule has 7 nitrogen and oxygen atoms in total. The number of hydrogen-bond acceptors (Lipinski definition) is 4. The van der Waals surface area contributed by atoms with Crippen LogP contribution in [-0.4, -0.2) is 34.7 Å². The van der Waals surface area contributed by atoms with Crippen molar-refractivity contribution in [1.82, 2.24) is 15.1 Å². The van der Waals surface area contributed by atoms with Gasteiger partial charge in [0.1, 0.15) is 11.4 Å². The van der Waals surface area contributed by atoms with Crippen LogP contribution in [0.2, 0.25) is 0 Å². The van der Waals surface area contributed by atoms with Crippen molar-refractivity contribution in [2.45, 2.75) is 18.9 Å². The van der Waals surface area contributed by atoms with Crippen molar-refractivity contribution in [2.24, 2.45) is 0 Å². The van der Waals surface area contributed by atoms with E-state index in [1.54, 1.807) is 42.3 Å². The third kappa shape index (κ3) is 4.68. The van der Waals surface area contributed by atoms with Crippen molar-refractivity contribution in [3.63, 3.8) is 0 Å². The number of benzene rings is 3. The van der Waals surface area contributed by atoms with Gasteiger partial charge in [0.25, 0.3) is 11.8 Å². The van der Waals surface area contributed by atoms with Crippen LogP contribution in [0.15, 0.2) is 85.1 Å². The molecule has 34 heavy (non-hydrogen) atoms. The number of amides is 2. The number of rotatable bonds is 7. The van der Waals surface area contributed by atoms with Gasteiger partial charge in [-0.05, 0) is 55.3 Å². The Hall–Kier alpha value is -4.39. The number of nitrogens with one attached hydrogen (secondary N) is 2. The Kier molecular flexibility index (Phi) is 5.82. The number of methoxy groups -OCH3 is 1. The predicted octanol–water partition coefficient (Wildman–Crippen LogP) is 4.69. The summed E-state index contributed by atoms with van der Waals surface area (Å²) in [5, 5.41) is 10.6. The fraction of sp³-hybridized carbons (Fsp3) is 0.148. The monoisotopic (exact) mass is 452 g/mol. The molecule has 7 heteroatoms. The summed E-state index contributed by atoms with van der Waals surface area (Å²) in [4.78, 5) is 25.8. The highest BCUT2D eigenvalue weighted by Crippen LogP contribution is 2.28. The molecule has 4 aromatic rings. The van der Waals surface area contributed by atoms with Gasteiger partial charge in [-0.3, -0.25) is 9.59 Å². The molecule has 0 saturated heterocycles. The second kappa shape index (κ2) is 9.23. The molecule has 0 unspecified atom stereocenters. The topological polar surface area (TPSA) is 85.2 Å². The van der Waals surface area contributed by atoms with Crippen LogP contribution in [-0.2, 0) is 0 Å². The van der Waals surface area contributed by atoms with Gasteiger partial charge < -0.3 is 15.4 Å². The van der Waals surface area contributed by atoms with E-state index in [-0.39, 0.29) is 17.9 Å². The Labute approximate surface area is 197 Å². The lowest BCUT2D eigenvalue weighted by Gasteiger charge is -2.08. The molecule has 1 fully saturated rings. The molecule has 170 valence electrons. The molecule has 2 N–H and O–H groups in total. The van der Waals surface area contributed by atoms with E-state index in [1.165, 1.54) is 0 Å². The van der Waals surface area contributed by atoms with Gasteiger partial charge in [0.2, 0.25) is 0 Å². The molecule has 2 amide bonds. The van der Waals surface area contributed by atoms with Crippen molar-refractivity contribution in [1.29, 1.82) is 0 Å². The first kappa shape index (κ1) is 21.5. The molecular weight excluding hydrogens is 428 g/mol. The van der Waals surface area contributed by atoms with Crippen molar-refractivity contribution < 1.29 is 14.3 Å². The number of ether oxygens (including phenoxy) is 1. The van der Waals surface area contributed by atoms with Crippen LogP contribution in [0.25, 0.3) is 16.9 Å². The van der Waals surface area contributed by atoms with E-state index in [0.717, 1.165) is 24.1 Å². The second-order valence-electron chi connectivity index (χ2n) is 8.19. The van der Waals surface area contributed by atoms with Gasteiger partial charge in [0.15, 0.2) is 0 Å². The van der Waals surface area contributed by atoms with E-state index in [9.17, 15) is 9.59 Å². The molecule has 5 rings (SSSR count). The van der Waals surface area contributed by atoms with E-state index in [4.69, 9.17) is 9.84 Å². The van der Waals surface area contributed by atoms with Crippen LogP contribution < -0.4 is 15.4 Å². The Morgan fingerprint density at radius 3 is 2.50 bits per heavy atom. The maximum Gasteiger partial charge on any atom is 0.259 e.